The third-order valence-corrected chi connectivity index (χ3v) is 26.1. The lowest BCUT2D eigenvalue weighted by Gasteiger charge is -2.46. The highest BCUT2D eigenvalue weighted by Crippen LogP contribution is 2.46. The summed E-state index contributed by atoms with van der Waals surface area (Å²) in [6.45, 7) is 35.8. The first kappa shape index (κ1) is 63.3. The van der Waals surface area contributed by atoms with Crippen LogP contribution in [0.4, 0.5) is 0 Å². The summed E-state index contributed by atoms with van der Waals surface area (Å²) in [6, 6.07) is 0. The SMILES string of the molecule is C=CCC(C/C=C/[C@H](O[Si](O[C@H](C=C)[C@@H]1CC[C@@H]([C@@H](CCCCCCCCCCCC)O[Si](C(C)C)(C(C)C)C(C)C)O1)(C(C)C)C(C)C)[C@@H]1CC[C@@H](C/C=C/CCCC)O1)(C(=O)OC)C(=O)OC. The zero-order valence-corrected chi connectivity index (χ0v) is 48.8. The Morgan fingerprint density at radius 1 is 0.594 bits per heavy atom. The molecule has 2 fully saturated rings. The number of allylic oxidation sites excluding steroid dienone is 3. The van der Waals surface area contributed by atoms with E-state index in [9.17, 15) is 9.59 Å². The molecule has 0 aliphatic carbocycles. The van der Waals surface area contributed by atoms with Gasteiger partial charge in [-0.3, -0.25) is 9.59 Å². The minimum absolute atomic E-state index is 0.0196. The van der Waals surface area contributed by atoms with Crippen molar-refractivity contribution >= 4 is 28.8 Å². The van der Waals surface area contributed by atoms with Crippen molar-refractivity contribution in [3.8, 4) is 0 Å². The first-order valence-corrected chi connectivity index (χ1v) is 32.1. The molecule has 0 bridgehead atoms. The van der Waals surface area contributed by atoms with E-state index in [1.165, 1.54) is 84.8 Å². The van der Waals surface area contributed by atoms with Gasteiger partial charge in [0, 0.05) is 0 Å². The number of carbonyl (C=O) groups excluding carboxylic acids is 2. The van der Waals surface area contributed by atoms with Crippen molar-refractivity contribution in [3.05, 3.63) is 49.6 Å². The third-order valence-electron chi connectivity index (χ3n) is 15.5. The molecule has 0 aromatic heterocycles. The van der Waals surface area contributed by atoms with E-state index in [-0.39, 0.29) is 60.5 Å². The Bertz CT molecular complexity index is 1460. The van der Waals surface area contributed by atoms with Gasteiger partial charge in [-0.25, -0.2) is 0 Å². The molecule has 0 aromatic rings. The fourth-order valence-electron chi connectivity index (χ4n) is 11.6. The minimum Gasteiger partial charge on any atom is -0.468 e. The molecule has 0 spiro atoms. The molecule has 2 heterocycles. The summed E-state index contributed by atoms with van der Waals surface area (Å²) in [5.41, 5.74) is -0.0115. The fourth-order valence-corrected chi connectivity index (χ4v) is 21.0. The van der Waals surface area contributed by atoms with Crippen molar-refractivity contribution < 1.29 is 41.8 Å². The van der Waals surface area contributed by atoms with Gasteiger partial charge < -0.3 is 32.2 Å². The maximum absolute atomic E-state index is 13.3. The van der Waals surface area contributed by atoms with E-state index in [1.807, 2.05) is 18.2 Å². The standard InChI is InChI=1S/C58H106O9Si2/c1-17-21-23-25-26-27-28-29-31-33-36-54(65-68(44(5)6,45(7)8)46(9)10)53-41-40-51(64-53)50(20-4)66-69(47(11)12,48(13)14)67-55(52-39-38-49(63-52)35-32-30-24-22-18-2)37-34-43-58(42-19-3,56(59)61-15)57(60)62-16/h19-20,30,32,34,37,44-55H,3-4,17-18,21-29,31,33,35-36,38-43H2,1-2,5-16H3/b32-30+,37-34+/t49-,50-,51+,52+,53+,54-,55+/m1/s1. The van der Waals surface area contributed by atoms with Crippen LogP contribution in [0, 0.1) is 5.41 Å². The van der Waals surface area contributed by atoms with Crippen molar-refractivity contribution in [3.63, 3.8) is 0 Å². The predicted molar refractivity (Wildman–Crippen MR) is 292 cm³/mol. The van der Waals surface area contributed by atoms with E-state index < -0.39 is 40.3 Å². The minimum atomic E-state index is -3.16. The molecule has 2 aliphatic heterocycles. The Balaban J connectivity index is 2.50. The molecule has 9 nitrogen and oxygen atoms in total. The molecule has 2 rings (SSSR count). The van der Waals surface area contributed by atoms with Crippen LogP contribution in [0.3, 0.4) is 0 Å². The average molecular weight is 1000 g/mol. The van der Waals surface area contributed by atoms with Crippen LogP contribution in [0.5, 0.6) is 0 Å². The molecule has 0 unspecified atom stereocenters. The van der Waals surface area contributed by atoms with Crippen LogP contribution >= 0.6 is 0 Å². The Hall–Kier alpha value is -1.87. The zero-order valence-electron chi connectivity index (χ0n) is 46.8. The number of hydrogen-bond acceptors (Lipinski definition) is 9. The molecule has 7 atom stereocenters. The molecule has 0 aromatic carbocycles. The van der Waals surface area contributed by atoms with Crippen molar-refractivity contribution in [2.75, 3.05) is 14.2 Å². The molecular weight excluding hydrogens is 897 g/mol. The topological polar surface area (TPSA) is 98.8 Å². The Kier molecular flexibility index (Phi) is 30.3. The van der Waals surface area contributed by atoms with Crippen molar-refractivity contribution in [2.45, 2.75) is 288 Å². The highest BCUT2D eigenvalue weighted by molar-refractivity contribution is 6.77. The van der Waals surface area contributed by atoms with Gasteiger partial charge in [0.1, 0.15) is 0 Å². The second-order valence-corrected chi connectivity index (χ2v) is 31.7. The maximum atomic E-state index is 13.3. The maximum Gasteiger partial charge on any atom is 0.344 e. The number of rotatable bonds is 38. The van der Waals surface area contributed by atoms with Crippen LogP contribution in [0.1, 0.15) is 218 Å². The Morgan fingerprint density at radius 2 is 1.10 bits per heavy atom. The second kappa shape index (κ2) is 33.1. The highest BCUT2D eigenvalue weighted by Gasteiger charge is 2.53. The lowest BCUT2D eigenvalue weighted by Crippen LogP contribution is -2.55. The van der Waals surface area contributed by atoms with E-state index in [2.05, 4.69) is 108 Å². The van der Waals surface area contributed by atoms with E-state index in [0.717, 1.165) is 51.4 Å². The van der Waals surface area contributed by atoms with Gasteiger partial charge in [-0.15, -0.1) is 13.2 Å². The van der Waals surface area contributed by atoms with Crippen LogP contribution in [0.15, 0.2) is 49.6 Å². The summed E-state index contributed by atoms with van der Waals surface area (Å²) in [5.74, 6) is -1.32. The summed E-state index contributed by atoms with van der Waals surface area (Å²) >= 11 is 0. The summed E-state index contributed by atoms with van der Waals surface area (Å²) in [6.07, 6.45) is 32.6. The van der Waals surface area contributed by atoms with Gasteiger partial charge in [0.2, 0.25) is 8.32 Å². The zero-order chi connectivity index (χ0) is 51.6. The Morgan fingerprint density at radius 3 is 1.61 bits per heavy atom. The molecule has 11 heteroatoms. The lowest BCUT2D eigenvalue weighted by molar-refractivity contribution is -0.168. The normalized spacial score (nSPS) is 20.9. The number of unbranched alkanes of at least 4 members (excludes halogenated alkanes) is 11. The van der Waals surface area contributed by atoms with E-state index >= 15 is 0 Å². The first-order chi connectivity index (χ1) is 32.9. The van der Waals surface area contributed by atoms with Gasteiger partial charge >= 0.3 is 20.5 Å². The lowest BCUT2D eigenvalue weighted by atomic mass is 9.80. The molecule has 0 radical (unpaired) electrons. The fraction of sp³-hybridized carbons (Fsp3) is 0.828. The van der Waals surface area contributed by atoms with Crippen molar-refractivity contribution in [2.24, 2.45) is 5.41 Å². The van der Waals surface area contributed by atoms with Gasteiger partial charge in [0.15, 0.2) is 5.41 Å². The van der Waals surface area contributed by atoms with Crippen LogP contribution < -0.4 is 0 Å². The molecule has 2 aliphatic rings. The van der Waals surface area contributed by atoms with E-state index in [0.29, 0.717) is 16.6 Å². The van der Waals surface area contributed by atoms with Gasteiger partial charge in [-0.05, 0) is 85.5 Å². The van der Waals surface area contributed by atoms with Gasteiger partial charge in [-0.2, -0.15) is 0 Å². The highest BCUT2D eigenvalue weighted by atomic mass is 28.4. The molecule has 0 N–H and O–H groups in total. The predicted octanol–water partition coefficient (Wildman–Crippen LogP) is 16.2. The Labute approximate surface area is 426 Å². The molecule has 0 amide bonds. The number of methoxy groups -OCH3 is 2. The smallest absolute Gasteiger partial charge is 0.344 e. The molecule has 0 saturated carbocycles. The molecule has 2 saturated heterocycles. The quantitative estimate of drug-likeness (QED) is 0.0197. The summed E-state index contributed by atoms with van der Waals surface area (Å²) in [4.78, 5) is 26.6. The van der Waals surface area contributed by atoms with Crippen LogP contribution in [-0.4, -0.2) is 85.8 Å². The van der Waals surface area contributed by atoms with Gasteiger partial charge in [0.25, 0.3) is 0 Å². The average Bonchev–Trinajstić information content (AvgIpc) is 4.01. The molecular formula is C58H106O9Si2. The first-order valence-electron chi connectivity index (χ1n) is 28.0. The van der Waals surface area contributed by atoms with Gasteiger partial charge in [0.05, 0.1) is 56.9 Å². The number of esters is 2. The van der Waals surface area contributed by atoms with Crippen LogP contribution in [0.2, 0.25) is 27.7 Å². The summed E-state index contributed by atoms with van der Waals surface area (Å²) in [7, 11) is -2.78. The monoisotopic (exact) mass is 1000 g/mol. The number of hydrogen-bond donors (Lipinski definition) is 0. The number of ether oxygens (including phenoxy) is 4. The molecule has 69 heavy (non-hydrogen) atoms. The van der Waals surface area contributed by atoms with E-state index in [4.69, 9.17) is 32.2 Å². The largest absolute Gasteiger partial charge is 0.468 e. The van der Waals surface area contributed by atoms with Crippen molar-refractivity contribution in [1.82, 2.24) is 0 Å². The molecule has 400 valence electrons. The van der Waals surface area contributed by atoms with E-state index in [1.54, 1.807) is 6.08 Å². The summed E-state index contributed by atoms with van der Waals surface area (Å²) in [5, 5.41) is 0. The van der Waals surface area contributed by atoms with Gasteiger partial charge in [-0.1, -0.05) is 197 Å². The van der Waals surface area contributed by atoms with Crippen molar-refractivity contribution in [1.29, 1.82) is 0 Å². The second-order valence-electron chi connectivity index (χ2n) is 22.1. The number of carbonyl (C=O) groups is 2. The third kappa shape index (κ3) is 18.5. The summed E-state index contributed by atoms with van der Waals surface area (Å²) < 4.78 is 47.1. The van der Waals surface area contributed by atoms with Crippen LogP contribution in [-0.2, 0) is 41.8 Å². The van der Waals surface area contributed by atoms with Crippen LogP contribution in [0.25, 0.3) is 0 Å².